The summed E-state index contributed by atoms with van der Waals surface area (Å²) in [5, 5.41) is 12.7. The molecule has 0 spiro atoms. The van der Waals surface area contributed by atoms with Crippen molar-refractivity contribution >= 4 is 0 Å². The van der Waals surface area contributed by atoms with Gasteiger partial charge in [0.25, 0.3) is 0 Å². The molecule has 1 aromatic heterocycles. The van der Waals surface area contributed by atoms with Crippen molar-refractivity contribution in [3.63, 3.8) is 0 Å². The molecule has 5 heteroatoms. The topological polar surface area (TPSA) is 46.8 Å². The molecule has 0 saturated carbocycles. The van der Waals surface area contributed by atoms with Gasteiger partial charge in [0.05, 0.1) is 11.6 Å². The molecule has 21 heavy (non-hydrogen) atoms. The van der Waals surface area contributed by atoms with E-state index in [1.165, 1.54) is 12.8 Å². The zero-order valence-corrected chi connectivity index (χ0v) is 14.5. The summed E-state index contributed by atoms with van der Waals surface area (Å²) in [4.78, 5) is 2.59. The highest BCUT2D eigenvalue weighted by molar-refractivity contribution is 4.99. The molecule has 5 nitrogen and oxygen atoms in total. The standard InChI is InChI=1S/C16H31N5/c1-7-16(5,6)21-15(17-18-19-21)14(12(2)3)20-10-8-9-13(4)11-20/h12-14H,7-11H2,1-6H3. The average molecular weight is 293 g/mol. The minimum absolute atomic E-state index is 0.0343. The average Bonchev–Trinajstić information content (AvgIpc) is 2.88. The maximum atomic E-state index is 4.41. The zero-order valence-electron chi connectivity index (χ0n) is 14.5. The zero-order chi connectivity index (χ0) is 15.6. The lowest BCUT2D eigenvalue weighted by molar-refractivity contribution is 0.0874. The van der Waals surface area contributed by atoms with Crippen LogP contribution in [0, 0.1) is 11.8 Å². The third-order valence-electron chi connectivity index (χ3n) is 4.91. The summed E-state index contributed by atoms with van der Waals surface area (Å²) in [7, 11) is 0. The molecule has 1 aromatic rings. The van der Waals surface area contributed by atoms with Crippen LogP contribution < -0.4 is 0 Å². The van der Waals surface area contributed by atoms with Gasteiger partial charge >= 0.3 is 0 Å². The van der Waals surface area contributed by atoms with Crippen LogP contribution in [0.15, 0.2) is 0 Å². The van der Waals surface area contributed by atoms with Crippen LogP contribution in [-0.4, -0.2) is 38.2 Å². The lowest BCUT2D eigenvalue weighted by atomic mass is 9.93. The molecular formula is C16H31N5. The van der Waals surface area contributed by atoms with Crippen molar-refractivity contribution in [3.8, 4) is 0 Å². The summed E-state index contributed by atoms with van der Waals surface area (Å²) < 4.78 is 2.05. The third kappa shape index (κ3) is 3.44. The molecule has 2 atom stereocenters. The Hall–Kier alpha value is -0.970. The maximum absolute atomic E-state index is 4.41. The van der Waals surface area contributed by atoms with Gasteiger partial charge < -0.3 is 0 Å². The second kappa shape index (κ2) is 6.42. The van der Waals surface area contributed by atoms with Crippen LogP contribution in [0.1, 0.15) is 72.7 Å². The Balaban J connectivity index is 2.33. The molecule has 0 radical (unpaired) electrons. The van der Waals surface area contributed by atoms with Gasteiger partial charge in [0, 0.05) is 6.54 Å². The van der Waals surface area contributed by atoms with Crippen LogP contribution in [0.25, 0.3) is 0 Å². The first-order valence-electron chi connectivity index (χ1n) is 8.39. The number of hydrogen-bond acceptors (Lipinski definition) is 4. The van der Waals surface area contributed by atoms with Crippen molar-refractivity contribution in [1.82, 2.24) is 25.1 Å². The number of likely N-dealkylation sites (tertiary alicyclic amines) is 1. The first kappa shape index (κ1) is 16.4. The van der Waals surface area contributed by atoms with Crippen molar-refractivity contribution in [1.29, 1.82) is 0 Å². The SMILES string of the molecule is CCC(C)(C)n1nnnc1C(C(C)C)N1CCCC(C)C1. The quantitative estimate of drug-likeness (QED) is 0.836. The monoisotopic (exact) mass is 293 g/mol. The highest BCUT2D eigenvalue weighted by atomic mass is 15.6. The van der Waals surface area contributed by atoms with E-state index in [-0.39, 0.29) is 5.54 Å². The van der Waals surface area contributed by atoms with E-state index in [2.05, 4.69) is 66.6 Å². The molecule has 0 aliphatic carbocycles. The summed E-state index contributed by atoms with van der Waals surface area (Å²) in [6.45, 7) is 15.8. The normalized spacial score (nSPS) is 22.7. The van der Waals surface area contributed by atoms with Gasteiger partial charge in [0.1, 0.15) is 0 Å². The van der Waals surface area contributed by atoms with Gasteiger partial charge in [-0.05, 0) is 61.9 Å². The molecule has 2 unspecified atom stereocenters. The van der Waals surface area contributed by atoms with Crippen molar-refractivity contribution in [2.75, 3.05) is 13.1 Å². The fourth-order valence-electron chi connectivity index (χ4n) is 3.32. The predicted molar refractivity (Wildman–Crippen MR) is 85.0 cm³/mol. The summed E-state index contributed by atoms with van der Waals surface area (Å²) in [6.07, 6.45) is 3.64. The number of aromatic nitrogens is 4. The summed E-state index contributed by atoms with van der Waals surface area (Å²) in [6, 6.07) is 0.313. The first-order valence-corrected chi connectivity index (χ1v) is 8.39. The smallest absolute Gasteiger partial charge is 0.169 e. The number of tetrazole rings is 1. The maximum Gasteiger partial charge on any atom is 0.169 e. The Morgan fingerprint density at radius 2 is 2.05 bits per heavy atom. The van der Waals surface area contributed by atoms with Gasteiger partial charge in [-0.25, -0.2) is 4.68 Å². The van der Waals surface area contributed by atoms with Gasteiger partial charge in [-0.15, -0.1) is 5.10 Å². The van der Waals surface area contributed by atoms with Gasteiger partial charge in [-0.1, -0.05) is 27.7 Å². The minimum Gasteiger partial charge on any atom is -0.293 e. The number of piperidine rings is 1. The first-order chi connectivity index (χ1) is 9.86. The van der Waals surface area contributed by atoms with Gasteiger partial charge in [-0.2, -0.15) is 0 Å². The molecule has 0 aromatic carbocycles. The molecule has 1 aliphatic heterocycles. The van der Waals surface area contributed by atoms with E-state index in [0.29, 0.717) is 12.0 Å². The fraction of sp³-hybridized carbons (Fsp3) is 0.938. The van der Waals surface area contributed by atoms with Crippen LogP contribution in [0.3, 0.4) is 0 Å². The van der Waals surface area contributed by atoms with Crippen LogP contribution in [-0.2, 0) is 5.54 Å². The molecular weight excluding hydrogens is 262 g/mol. The van der Waals surface area contributed by atoms with Gasteiger partial charge in [0.15, 0.2) is 5.82 Å². The molecule has 1 fully saturated rings. The van der Waals surface area contributed by atoms with E-state index < -0.39 is 0 Å². The van der Waals surface area contributed by atoms with E-state index in [9.17, 15) is 0 Å². The summed E-state index contributed by atoms with van der Waals surface area (Å²) >= 11 is 0. The van der Waals surface area contributed by atoms with Gasteiger partial charge in [-0.3, -0.25) is 4.90 Å². The highest BCUT2D eigenvalue weighted by Crippen LogP contribution is 2.33. The number of rotatable bonds is 5. The molecule has 2 heterocycles. The van der Waals surface area contributed by atoms with E-state index in [1.807, 2.05) is 0 Å². The Morgan fingerprint density at radius 3 is 2.62 bits per heavy atom. The third-order valence-corrected chi connectivity index (χ3v) is 4.91. The van der Waals surface area contributed by atoms with Crippen molar-refractivity contribution in [3.05, 3.63) is 5.82 Å². The Bertz CT molecular complexity index is 451. The van der Waals surface area contributed by atoms with Crippen LogP contribution in [0.2, 0.25) is 0 Å². The molecule has 120 valence electrons. The second-order valence-electron chi connectivity index (χ2n) is 7.55. The van der Waals surface area contributed by atoms with Crippen LogP contribution in [0.4, 0.5) is 0 Å². The van der Waals surface area contributed by atoms with Gasteiger partial charge in [0.2, 0.25) is 0 Å². The van der Waals surface area contributed by atoms with E-state index in [4.69, 9.17) is 0 Å². The minimum atomic E-state index is -0.0343. The van der Waals surface area contributed by atoms with Crippen LogP contribution >= 0.6 is 0 Å². The Morgan fingerprint density at radius 1 is 1.33 bits per heavy atom. The van der Waals surface area contributed by atoms with Crippen molar-refractivity contribution in [2.45, 2.75) is 72.4 Å². The Kier molecular flexibility index (Phi) is 5.02. The molecule has 1 aliphatic rings. The molecule has 1 saturated heterocycles. The number of nitrogens with zero attached hydrogens (tertiary/aromatic N) is 5. The second-order valence-corrected chi connectivity index (χ2v) is 7.55. The van der Waals surface area contributed by atoms with Crippen molar-refractivity contribution < 1.29 is 0 Å². The lowest BCUT2D eigenvalue weighted by Gasteiger charge is -2.39. The Labute approximate surface area is 129 Å². The van der Waals surface area contributed by atoms with E-state index in [1.54, 1.807) is 0 Å². The largest absolute Gasteiger partial charge is 0.293 e. The molecule has 0 amide bonds. The molecule has 2 rings (SSSR count). The molecule has 0 bridgehead atoms. The highest BCUT2D eigenvalue weighted by Gasteiger charge is 2.34. The number of hydrogen-bond donors (Lipinski definition) is 0. The van der Waals surface area contributed by atoms with E-state index in [0.717, 1.165) is 31.3 Å². The summed E-state index contributed by atoms with van der Waals surface area (Å²) in [5.41, 5.74) is -0.0343. The fourth-order valence-corrected chi connectivity index (χ4v) is 3.32. The van der Waals surface area contributed by atoms with Crippen molar-refractivity contribution in [2.24, 2.45) is 11.8 Å². The van der Waals surface area contributed by atoms with Crippen LogP contribution in [0.5, 0.6) is 0 Å². The molecule has 0 N–H and O–H groups in total. The lowest BCUT2D eigenvalue weighted by Crippen LogP contribution is -2.42. The predicted octanol–water partition coefficient (Wildman–Crippen LogP) is 3.25. The summed E-state index contributed by atoms with van der Waals surface area (Å²) in [5.74, 6) is 2.31. The van der Waals surface area contributed by atoms with E-state index >= 15 is 0 Å².